The van der Waals surface area contributed by atoms with E-state index in [1.54, 1.807) is 6.92 Å². The van der Waals surface area contributed by atoms with Crippen molar-refractivity contribution in [1.82, 2.24) is 10.2 Å². The van der Waals surface area contributed by atoms with Crippen molar-refractivity contribution in [2.75, 3.05) is 13.1 Å². The number of phenolic OH excluding ortho intramolecular Hbond substituents is 1. The van der Waals surface area contributed by atoms with E-state index in [-0.39, 0.29) is 23.8 Å². The van der Waals surface area contributed by atoms with Gasteiger partial charge in [0.05, 0.1) is 4.92 Å². The van der Waals surface area contributed by atoms with Gasteiger partial charge in [0.15, 0.2) is 0 Å². The molecule has 1 aromatic rings. The van der Waals surface area contributed by atoms with Gasteiger partial charge in [-0.2, -0.15) is 0 Å². The van der Waals surface area contributed by atoms with Crippen molar-refractivity contribution >= 4 is 17.5 Å². The molecule has 1 unspecified atom stereocenters. The molecule has 21 heavy (non-hydrogen) atoms. The summed E-state index contributed by atoms with van der Waals surface area (Å²) >= 11 is 0. The molecule has 0 aromatic heterocycles. The fraction of sp³-hybridized carbons (Fsp3) is 0.385. The van der Waals surface area contributed by atoms with Crippen LogP contribution in [0.2, 0.25) is 0 Å². The maximum absolute atomic E-state index is 12.5. The Balaban J connectivity index is 2.41. The van der Waals surface area contributed by atoms with Crippen LogP contribution in [0.25, 0.3) is 0 Å². The Labute approximate surface area is 120 Å². The number of hydrogen-bond donors (Lipinski definition) is 2. The van der Waals surface area contributed by atoms with Crippen LogP contribution in [0.1, 0.15) is 23.7 Å². The summed E-state index contributed by atoms with van der Waals surface area (Å²) in [6.07, 6.45) is 0.407. The van der Waals surface area contributed by atoms with Gasteiger partial charge in [-0.15, -0.1) is 0 Å². The van der Waals surface area contributed by atoms with Crippen LogP contribution in [0.15, 0.2) is 18.2 Å². The summed E-state index contributed by atoms with van der Waals surface area (Å²) in [7, 11) is 0. The van der Waals surface area contributed by atoms with Crippen molar-refractivity contribution in [1.29, 1.82) is 0 Å². The molecule has 8 nitrogen and oxygen atoms in total. The first kappa shape index (κ1) is 14.8. The smallest absolute Gasteiger partial charge is 0.282 e. The molecule has 0 spiro atoms. The van der Waals surface area contributed by atoms with Gasteiger partial charge in [-0.25, -0.2) is 0 Å². The number of nitrogens with one attached hydrogen (secondary N) is 1. The Kier molecular flexibility index (Phi) is 4.06. The fourth-order valence-corrected chi connectivity index (χ4v) is 2.37. The van der Waals surface area contributed by atoms with Crippen LogP contribution in [0.4, 0.5) is 5.69 Å². The number of nitrogens with zero attached hydrogens (tertiary/aromatic N) is 2. The van der Waals surface area contributed by atoms with Gasteiger partial charge in [-0.05, 0) is 18.6 Å². The fourth-order valence-electron chi connectivity index (χ4n) is 2.37. The first-order valence-corrected chi connectivity index (χ1v) is 6.51. The number of nitro groups is 1. The second-order valence-corrected chi connectivity index (χ2v) is 4.67. The average Bonchev–Trinajstić information content (AvgIpc) is 2.45. The van der Waals surface area contributed by atoms with E-state index in [1.807, 2.05) is 0 Å². The molecule has 0 radical (unpaired) electrons. The molecular formula is C13H15N3O5. The number of hydrogen-bond acceptors (Lipinski definition) is 5. The van der Waals surface area contributed by atoms with Crippen molar-refractivity contribution < 1.29 is 19.6 Å². The normalized spacial score (nSPS) is 18.2. The van der Waals surface area contributed by atoms with Crippen LogP contribution >= 0.6 is 0 Å². The standard InChI is InChI=1S/C13H15N3O5/c1-2-10-12(18)14-5-6-15(10)13(19)9-7-8(17)3-4-11(9)16(20)21/h3-4,7,10,17H,2,5-6H2,1H3,(H,14,18). The molecule has 2 N–H and O–H groups in total. The Morgan fingerprint density at radius 3 is 2.90 bits per heavy atom. The second-order valence-electron chi connectivity index (χ2n) is 4.67. The summed E-state index contributed by atoms with van der Waals surface area (Å²) in [5, 5.41) is 23.1. The third-order valence-corrected chi connectivity index (χ3v) is 3.39. The lowest BCUT2D eigenvalue weighted by Gasteiger charge is -2.34. The van der Waals surface area contributed by atoms with Gasteiger partial charge in [-0.1, -0.05) is 6.92 Å². The van der Waals surface area contributed by atoms with Crippen molar-refractivity contribution in [3.8, 4) is 5.75 Å². The van der Waals surface area contributed by atoms with Crippen molar-refractivity contribution in [3.63, 3.8) is 0 Å². The van der Waals surface area contributed by atoms with E-state index in [9.17, 15) is 24.8 Å². The molecule has 1 fully saturated rings. The number of nitro benzene ring substituents is 1. The molecule has 1 aliphatic rings. The highest BCUT2D eigenvalue weighted by Crippen LogP contribution is 2.26. The Morgan fingerprint density at radius 2 is 2.29 bits per heavy atom. The summed E-state index contributed by atoms with van der Waals surface area (Å²) in [5.74, 6) is -1.14. The lowest BCUT2D eigenvalue weighted by atomic mass is 10.1. The van der Waals surface area contributed by atoms with E-state index in [2.05, 4.69) is 5.32 Å². The van der Waals surface area contributed by atoms with Crippen LogP contribution in [0.3, 0.4) is 0 Å². The zero-order chi connectivity index (χ0) is 15.6. The highest BCUT2D eigenvalue weighted by molar-refractivity contribution is 6.01. The monoisotopic (exact) mass is 293 g/mol. The van der Waals surface area contributed by atoms with Gasteiger partial charge in [0.25, 0.3) is 11.6 Å². The third kappa shape index (κ3) is 2.78. The number of rotatable bonds is 3. The minimum absolute atomic E-state index is 0.215. The number of amides is 2. The molecule has 8 heteroatoms. The summed E-state index contributed by atoms with van der Waals surface area (Å²) < 4.78 is 0. The molecule has 0 bridgehead atoms. The third-order valence-electron chi connectivity index (χ3n) is 3.39. The zero-order valence-corrected chi connectivity index (χ0v) is 11.4. The molecule has 2 amide bonds. The molecule has 1 heterocycles. The van der Waals surface area contributed by atoms with Crippen molar-refractivity contribution in [2.24, 2.45) is 0 Å². The first-order valence-electron chi connectivity index (χ1n) is 6.51. The van der Waals surface area contributed by atoms with Crippen molar-refractivity contribution in [2.45, 2.75) is 19.4 Å². The number of benzene rings is 1. The first-order chi connectivity index (χ1) is 9.95. The maximum atomic E-state index is 12.5. The summed E-state index contributed by atoms with van der Waals surface area (Å²) in [6, 6.07) is 2.62. The Bertz CT molecular complexity index is 601. The molecule has 1 saturated heterocycles. The largest absolute Gasteiger partial charge is 0.508 e. The molecule has 1 aromatic carbocycles. The number of piperazine rings is 1. The molecule has 1 aliphatic heterocycles. The summed E-state index contributed by atoms with van der Waals surface area (Å²) in [4.78, 5) is 35.9. The summed E-state index contributed by atoms with van der Waals surface area (Å²) in [6.45, 7) is 2.33. The van der Waals surface area contributed by atoms with Crippen LogP contribution < -0.4 is 5.32 Å². The molecule has 2 rings (SSSR count). The molecule has 0 aliphatic carbocycles. The highest BCUT2D eigenvalue weighted by Gasteiger charge is 2.34. The second kappa shape index (κ2) is 5.78. The zero-order valence-electron chi connectivity index (χ0n) is 11.4. The lowest BCUT2D eigenvalue weighted by molar-refractivity contribution is -0.385. The van der Waals surface area contributed by atoms with Crippen LogP contribution in [0, 0.1) is 10.1 Å². The van der Waals surface area contributed by atoms with E-state index in [4.69, 9.17) is 0 Å². The van der Waals surface area contributed by atoms with E-state index < -0.39 is 22.6 Å². The summed E-state index contributed by atoms with van der Waals surface area (Å²) in [5.41, 5.74) is -0.605. The molecule has 0 saturated carbocycles. The van der Waals surface area contributed by atoms with Gasteiger partial charge in [-0.3, -0.25) is 19.7 Å². The van der Waals surface area contributed by atoms with Crippen LogP contribution in [-0.4, -0.2) is 45.9 Å². The van der Waals surface area contributed by atoms with Crippen LogP contribution in [-0.2, 0) is 4.79 Å². The van der Waals surface area contributed by atoms with E-state index in [0.717, 1.165) is 18.2 Å². The SMILES string of the molecule is CCC1C(=O)NCCN1C(=O)c1cc(O)ccc1[N+](=O)[O-]. The van der Waals surface area contributed by atoms with E-state index in [0.29, 0.717) is 13.0 Å². The van der Waals surface area contributed by atoms with Crippen molar-refractivity contribution in [3.05, 3.63) is 33.9 Å². The number of aromatic hydroxyl groups is 1. The number of carbonyl (C=O) groups excluding carboxylic acids is 2. The molecule has 1 atom stereocenters. The lowest BCUT2D eigenvalue weighted by Crippen LogP contribution is -2.56. The van der Waals surface area contributed by atoms with Gasteiger partial charge >= 0.3 is 0 Å². The highest BCUT2D eigenvalue weighted by atomic mass is 16.6. The van der Waals surface area contributed by atoms with E-state index in [1.165, 1.54) is 4.90 Å². The van der Waals surface area contributed by atoms with Gasteiger partial charge in [0.2, 0.25) is 5.91 Å². The van der Waals surface area contributed by atoms with Gasteiger partial charge in [0.1, 0.15) is 17.4 Å². The number of phenols is 1. The average molecular weight is 293 g/mol. The predicted molar refractivity (Wildman–Crippen MR) is 72.9 cm³/mol. The number of carbonyl (C=O) groups is 2. The topological polar surface area (TPSA) is 113 Å². The molecular weight excluding hydrogens is 278 g/mol. The van der Waals surface area contributed by atoms with Gasteiger partial charge < -0.3 is 15.3 Å². The predicted octanol–water partition coefficient (Wildman–Crippen LogP) is 0.651. The maximum Gasteiger partial charge on any atom is 0.282 e. The van der Waals surface area contributed by atoms with E-state index >= 15 is 0 Å². The minimum Gasteiger partial charge on any atom is -0.508 e. The molecule has 112 valence electrons. The quantitative estimate of drug-likeness (QED) is 0.627. The van der Waals surface area contributed by atoms with Crippen LogP contribution in [0.5, 0.6) is 5.75 Å². The minimum atomic E-state index is -0.683. The van der Waals surface area contributed by atoms with Gasteiger partial charge in [0, 0.05) is 19.2 Å². The Hall–Kier alpha value is -2.64. The Morgan fingerprint density at radius 1 is 1.57 bits per heavy atom.